The average molecular weight is 463 g/mol. The largest absolute Gasteiger partial charge is 0.397 e. The molecule has 0 aliphatic carbocycles. The summed E-state index contributed by atoms with van der Waals surface area (Å²) in [6.45, 7) is 10.3. The van der Waals surface area contributed by atoms with Gasteiger partial charge in [0, 0.05) is 26.4 Å². The van der Waals surface area contributed by atoms with Crippen LogP contribution in [-0.2, 0) is 22.8 Å². The van der Waals surface area contributed by atoms with Crippen LogP contribution in [0.2, 0.25) is 6.04 Å². The lowest BCUT2D eigenvalue weighted by Gasteiger charge is -2.51. The van der Waals surface area contributed by atoms with Crippen LogP contribution in [0, 0.1) is 0 Å². The molecule has 0 bridgehead atoms. The monoisotopic (exact) mass is 462 g/mol. The summed E-state index contributed by atoms with van der Waals surface area (Å²) in [6.07, 6.45) is 0. The number of rotatable bonds is 10. The molecule has 0 aromatic heterocycles. The molecule has 5 nitrogen and oxygen atoms in total. The summed E-state index contributed by atoms with van der Waals surface area (Å²) in [5.74, 6) is -1.14. The second-order valence-corrected chi connectivity index (χ2v) is 23.9. The minimum absolute atomic E-state index is 0.498. The fraction of sp³-hybridized carbons (Fsp3) is 0.455. The summed E-state index contributed by atoms with van der Waals surface area (Å²) in [6, 6.07) is 21.8. The van der Waals surface area contributed by atoms with Crippen molar-refractivity contribution in [3.63, 3.8) is 0 Å². The summed E-state index contributed by atoms with van der Waals surface area (Å²) >= 11 is 0. The van der Waals surface area contributed by atoms with Gasteiger partial charge in [0.15, 0.2) is 0 Å². The van der Waals surface area contributed by atoms with Crippen LogP contribution >= 0.6 is 0 Å². The highest BCUT2D eigenvalue weighted by Gasteiger charge is 2.64. The van der Waals surface area contributed by atoms with E-state index in [0.717, 1.165) is 0 Å². The highest BCUT2D eigenvalue weighted by atomic mass is 29.6. The van der Waals surface area contributed by atoms with Crippen molar-refractivity contribution < 1.29 is 22.8 Å². The highest BCUT2D eigenvalue weighted by Crippen LogP contribution is 2.37. The van der Waals surface area contributed by atoms with Crippen molar-refractivity contribution in [2.75, 3.05) is 26.4 Å². The lowest BCUT2D eigenvalue weighted by Crippen LogP contribution is -2.81. The molecule has 1 heterocycles. The lowest BCUT2D eigenvalue weighted by atomic mass is 10.4. The second-order valence-electron chi connectivity index (χ2n) is 7.34. The molecule has 0 spiro atoms. The minimum atomic E-state index is -2.65. The molecule has 0 amide bonds. The quantitative estimate of drug-likeness (QED) is 0.400. The summed E-state index contributed by atoms with van der Waals surface area (Å²) in [4.78, 5) is 0. The maximum Gasteiger partial charge on any atom is 0.317 e. The maximum atomic E-state index is 7.09. The second kappa shape index (κ2) is 10.5. The Morgan fingerprint density at radius 2 is 1.23 bits per heavy atom. The Morgan fingerprint density at radius 1 is 0.767 bits per heavy atom. The van der Waals surface area contributed by atoms with E-state index in [9.17, 15) is 0 Å². The topological polar surface area (TPSA) is 46.2 Å². The van der Waals surface area contributed by atoms with Crippen LogP contribution < -0.4 is 10.4 Å². The summed E-state index contributed by atoms with van der Waals surface area (Å²) in [5, 5.41) is 2.48. The number of benzene rings is 2. The van der Waals surface area contributed by atoms with Gasteiger partial charge in [-0.05, 0) is 38.1 Å². The zero-order valence-corrected chi connectivity index (χ0v) is 22.0. The van der Waals surface area contributed by atoms with E-state index in [1.54, 1.807) is 0 Å². The van der Waals surface area contributed by atoms with E-state index < -0.39 is 30.4 Å². The van der Waals surface area contributed by atoms with Crippen LogP contribution in [0.5, 0.6) is 0 Å². The third-order valence-corrected chi connectivity index (χ3v) is 29.5. The van der Waals surface area contributed by atoms with Gasteiger partial charge in [-0.15, -0.1) is 0 Å². The van der Waals surface area contributed by atoms with E-state index in [1.165, 1.54) is 10.4 Å². The van der Waals surface area contributed by atoms with E-state index in [1.807, 2.05) is 13.8 Å². The predicted octanol–water partition coefficient (Wildman–Crippen LogP) is 2.18. The molecule has 0 saturated carbocycles. The van der Waals surface area contributed by atoms with Crippen molar-refractivity contribution in [1.82, 2.24) is 0 Å². The third-order valence-electron chi connectivity index (χ3n) is 5.36. The van der Waals surface area contributed by atoms with Gasteiger partial charge in [0.05, 0.1) is 6.04 Å². The van der Waals surface area contributed by atoms with E-state index >= 15 is 0 Å². The standard InChI is InChI=1S/C22H34O5Si3/c1-5-23-22(24-6-2)19-29(25-7-3,26-8-4)28-30(27-22,20-15-11-9-12-16-20)21-17-13-10-14-18-21/h9-18H,5-8,19,28H2,1-4H3. The van der Waals surface area contributed by atoms with Gasteiger partial charge in [0.2, 0.25) is 7.83 Å². The molecule has 8 heteroatoms. The van der Waals surface area contributed by atoms with Crippen molar-refractivity contribution in [3.8, 4) is 0 Å². The van der Waals surface area contributed by atoms with Gasteiger partial charge >= 0.3 is 8.08 Å². The van der Waals surface area contributed by atoms with E-state index in [4.69, 9.17) is 22.8 Å². The third kappa shape index (κ3) is 4.86. The van der Waals surface area contributed by atoms with Gasteiger partial charge < -0.3 is 22.8 Å². The first-order valence-corrected chi connectivity index (χ1v) is 19.5. The van der Waals surface area contributed by atoms with Gasteiger partial charge in [0.25, 0.3) is 5.97 Å². The first kappa shape index (κ1) is 23.6. The van der Waals surface area contributed by atoms with Crippen LogP contribution in [-0.4, -0.2) is 56.9 Å². The molecule has 0 unspecified atom stereocenters. The smallest absolute Gasteiger partial charge is 0.317 e. The molecule has 0 atom stereocenters. The Bertz CT molecular complexity index is 697. The zero-order valence-electron chi connectivity index (χ0n) is 18.6. The van der Waals surface area contributed by atoms with Gasteiger partial charge in [0.1, 0.15) is 8.55 Å². The van der Waals surface area contributed by atoms with Gasteiger partial charge in [-0.2, -0.15) is 0 Å². The molecule has 2 aromatic rings. The molecule has 30 heavy (non-hydrogen) atoms. The van der Waals surface area contributed by atoms with Crippen molar-refractivity contribution in [3.05, 3.63) is 60.7 Å². The molecule has 1 aliphatic rings. The molecule has 164 valence electrons. The normalized spacial score (nSPS) is 20.3. The predicted molar refractivity (Wildman–Crippen MR) is 127 cm³/mol. The Balaban J connectivity index is 2.25. The van der Waals surface area contributed by atoms with Crippen molar-refractivity contribution in [2.45, 2.75) is 39.7 Å². The van der Waals surface area contributed by atoms with Crippen molar-refractivity contribution in [2.24, 2.45) is 0 Å². The summed E-state index contributed by atoms with van der Waals surface area (Å²) < 4.78 is 32.6. The maximum absolute atomic E-state index is 7.09. The molecule has 0 radical (unpaired) electrons. The molecule has 3 rings (SSSR count). The Morgan fingerprint density at radius 3 is 1.63 bits per heavy atom. The molecule has 1 aliphatic heterocycles. The number of hydrogen-bond acceptors (Lipinski definition) is 5. The Hall–Kier alpha value is -1.11. The minimum Gasteiger partial charge on any atom is -0.397 e. The lowest BCUT2D eigenvalue weighted by molar-refractivity contribution is -0.334. The molecule has 2 aromatic carbocycles. The van der Waals surface area contributed by atoms with Crippen LogP contribution in [0.25, 0.3) is 0 Å². The average Bonchev–Trinajstić information content (AvgIpc) is 2.75. The van der Waals surface area contributed by atoms with Gasteiger partial charge in [-0.25, -0.2) is 0 Å². The summed E-state index contributed by atoms with van der Waals surface area (Å²) in [5.41, 5.74) is 0. The van der Waals surface area contributed by atoms with E-state index in [-0.39, 0.29) is 0 Å². The first-order chi connectivity index (χ1) is 14.6. The molecule has 1 saturated heterocycles. The Kier molecular flexibility index (Phi) is 8.22. The molecule has 1 fully saturated rings. The Labute approximate surface area is 184 Å². The van der Waals surface area contributed by atoms with E-state index in [2.05, 4.69) is 74.5 Å². The van der Waals surface area contributed by atoms with E-state index in [0.29, 0.717) is 32.5 Å². The van der Waals surface area contributed by atoms with Gasteiger partial charge in [-0.3, -0.25) is 0 Å². The van der Waals surface area contributed by atoms with Crippen molar-refractivity contribution in [1.29, 1.82) is 0 Å². The summed E-state index contributed by atoms with van der Waals surface area (Å²) in [7, 11) is -6.17. The van der Waals surface area contributed by atoms with Crippen LogP contribution in [0.15, 0.2) is 60.7 Å². The van der Waals surface area contributed by atoms with Gasteiger partial charge in [-0.1, -0.05) is 60.7 Å². The van der Waals surface area contributed by atoms with Crippen LogP contribution in [0.1, 0.15) is 27.7 Å². The fourth-order valence-electron chi connectivity index (χ4n) is 4.43. The number of hydrogen-bond donors (Lipinski definition) is 0. The van der Waals surface area contributed by atoms with Crippen molar-refractivity contribution >= 4 is 34.8 Å². The first-order valence-electron chi connectivity index (χ1n) is 10.9. The molecule has 0 N–H and O–H groups in total. The SMILES string of the molecule is CCOC1(OCC)C[Si](OCC)(OCC)[SiH2][Si](c2ccccc2)(c2ccccc2)O1. The zero-order chi connectivity index (χ0) is 21.5. The fourth-order valence-corrected chi connectivity index (χ4v) is 34.2. The highest BCUT2D eigenvalue weighted by molar-refractivity contribution is 7.56. The van der Waals surface area contributed by atoms with Crippen LogP contribution in [0.3, 0.4) is 0 Å². The number of ether oxygens (including phenoxy) is 2. The van der Waals surface area contributed by atoms with Crippen LogP contribution in [0.4, 0.5) is 0 Å². The molecular weight excluding hydrogens is 428 g/mol. The molecular formula is C22H34O5Si3.